The summed E-state index contributed by atoms with van der Waals surface area (Å²) in [4.78, 5) is 0. The van der Waals surface area contributed by atoms with E-state index in [1.165, 1.54) is 19.3 Å². The minimum Gasteiger partial charge on any atom is -0.377 e. The molecule has 0 saturated carbocycles. The summed E-state index contributed by atoms with van der Waals surface area (Å²) in [5.74, 6) is 0. The highest BCUT2D eigenvalue weighted by Gasteiger charge is 1.94. The molecule has 13 heavy (non-hydrogen) atoms. The minimum atomic E-state index is 0.778. The van der Waals surface area contributed by atoms with Gasteiger partial charge in [0.25, 0.3) is 0 Å². The molecule has 78 valence electrons. The summed E-state index contributed by atoms with van der Waals surface area (Å²) >= 11 is 0. The first-order chi connectivity index (χ1) is 6.41. The highest BCUT2D eigenvalue weighted by molar-refractivity contribution is 4.78. The number of hydrogen-bond acceptors (Lipinski definition) is 2. The highest BCUT2D eigenvalue weighted by atomic mass is 16.6. The smallest absolute Gasteiger partial charge is 0.0701 e. The molecule has 0 aromatic heterocycles. The molecule has 1 fully saturated rings. The Balaban J connectivity index is 0.000000223. The summed E-state index contributed by atoms with van der Waals surface area (Å²) in [6, 6.07) is 0. The van der Waals surface area contributed by atoms with Crippen LogP contribution in [-0.4, -0.2) is 26.4 Å². The van der Waals surface area contributed by atoms with Crippen molar-refractivity contribution in [3.63, 3.8) is 0 Å². The van der Waals surface area contributed by atoms with E-state index in [1.807, 2.05) is 0 Å². The largest absolute Gasteiger partial charge is 0.377 e. The quantitative estimate of drug-likeness (QED) is 0.631. The Kier molecular flexibility index (Phi) is 11.4. The number of ether oxygens (including phenoxy) is 2. The van der Waals surface area contributed by atoms with E-state index in [-0.39, 0.29) is 0 Å². The fourth-order valence-corrected chi connectivity index (χ4v) is 0.891. The number of hydrogen-bond donors (Lipinski definition) is 0. The van der Waals surface area contributed by atoms with E-state index in [4.69, 9.17) is 9.47 Å². The van der Waals surface area contributed by atoms with Crippen LogP contribution in [0.25, 0.3) is 0 Å². The molecule has 0 spiro atoms. The third kappa shape index (κ3) is 11.7. The Hall–Kier alpha value is -0.340. The fourth-order valence-electron chi connectivity index (χ4n) is 0.891. The van der Waals surface area contributed by atoms with Crippen LogP contribution in [0, 0.1) is 0 Å². The molecule has 1 aliphatic rings. The predicted octanol–water partition coefficient (Wildman–Crippen LogP) is 2.79. The van der Waals surface area contributed by atoms with Crippen LogP contribution in [0.15, 0.2) is 12.2 Å². The maximum Gasteiger partial charge on any atom is 0.0701 e. The Labute approximate surface area is 81.9 Å². The highest BCUT2D eigenvalue weighted by Crippen LogP contribution is 1.88. The summed E-state index contributed by atoms with van der Waals surface area (Å²) in [5, 5.41) is 0. The second-order valence-corrected chi connectivity index (χ2v) is 2.89. The fraction of sp³-hybridized carbons (Fsp3) is 0.818. The lowest BCUT2D eigenvalue weighted by atomic mass is 10.3. The van der Waals surface area contributed by atoms with Crippen LogP contribution in [0.5, 0.6) is 0 Å². The first-order valence-electron chi connectivity index (χ1n) is 5.22. The lowest BCUT2D eigenvalue weighted by Gasteiger charge is -2.09. The molecule has 1 aliphatic heterocycles. The van der Waals surface area contributed by atoms with Gasteiger partial charge in [-0.05, 0) is 12.8 Å². The van der Waals surface area contributed by atoms with Crippen molar-refractivity contribution in [3.05, 3.63) is 12.2 Å². The molecule has 0 N–H and O–H groups in total. The maximum absolute atomic E-state index is 4.94. The predicted molar refractivity (Wildman–Crippen MR) is 56.0 cm³/mol. The summed E-state index contributed by atoms with van der Waals surface area (Å²) in [6.07, 6.45) is 8.15. The third-order valence-electron chi connectivity index (χ3n) is 1.60. The molecular weight excluding hydrogens is 164 g/mol. The summed E-state index contributed by atoms with van der Waals surface area (Å²) in [7, 11) is 0. The van der Waals surface area contributed by atoms with Crippen LogP contribution < -0.4 is 0 Å². The lowest BCUT2D eigenvalue weighted by Crippen LogP contribution is -2.16. The van der Waals surface area contributed by atoms with Crippen molar-refractivity contribution < 1.29 is 9.47 Å². The Morgan fingerprint density at radius 2 is 1.46 bits per heavy atom. The van der Waals surface area contributed by atoms with Crippen molar-refractivity contribution in [1.29, 1.82) is 0 Å². The van der Waals surface area contributed by atoms with Gasteiger partial charge < -0.3 is 9.47 Å². The molecule has 0 bridgehead atoms. The number of allylic oxidation sites excluding steroid dienone is 2. The molecule has 0 amide bonds. The van der Waals surface area contributed by atoms with Gasteiger partial charge in [-0.3, -0.25) is 0 Å². The van der Waals surface area contributed by atoms with Gasteiger partial charge in [0.1, 0.15) is 0 Å². The van der Waals surface area contributed by atoms with Crippen LogP contribution in [0.2, 0.25) is 0 Å². The second-order valence-electron chi connectivity index (χ2n) is 2.89. The Bertz CT molecular complexity index is 95.1. The summed E-state index contributed by atoms with van der Waals surface area (Å²) in [6.45, 7) is 7.46. The van der Waals surface area contributed by atoms with Crippen LogP contribution in [0.1, 0.15) is 33.1 Å². The van der Waals surface area contributed by atoms with Gasteiger partial charge in [-0.15, -0.1) is 0 Å². The van der Waals surface area contributed by atoms with E-state index in [0.29, 0.717) is 0 Å². The first kappa shape index (κ1) is 12.7. The van der Waals surface area contributed by atoms with E-state index in [0.717, 1.165) is 26.4 Å². The monoisotopic (exact) mass is 186 g/mol. The zero-order chi connectivity index (χ0) is 9.78. The van der Waals surface area contributed by atoms with Crippen molar-refractivity contribution in [2.24, 2.45) is 0 Å². The third-order valence-corrected chi connectivity index (χ3v) is 1.60. The van der Waals surface area contributed by atoms with Gasteiger partial charge in [-0.1, -0.05) is 32.4 Å². The molecule has 0 aliphatic carbocycles. The standard InChI is InChI=1S/C7H14.C4H8O2/c1-3-5-7-6-4-2;1-2-6-4-3-5-1/h5,7H,3-4,6H2,1-2H3;1-4H2. The molecule has 1 saturated heterocycles. The van der Waals surface area contributed by atoms with Gasteiger partial charge in [0.15, 0.2) is 0 Å². The molecule has 0 unspecified atom stereocenters. The summed E-state index contributed by atoms with van der Waals surface area (Å²) in [5.41, 5.74) is 0. The molecule has 2 nitrogen and oxygen atoms in total. The molecular formula is C11H22O2. The van der Waals surface area contributed by atoms with Crippen LogP contribution >= 0.6 is 0 Å². The normalized spacial score (nSPS) is 16.8. The van der Waals surface area contributed by atoms with E-state index in [2.05, 4.69) is 26.0 Å². The van der Waals surface area contributed by atoms with Gasteiger partial charge in [0.05, 0.1) is 26.4 Å². The summed E-state index contributed by atoms with van der Waals surface area (Å²) < 4.78 is 9.89. The second kappa shape index (κ2) is 11.7. The van der Waals surface area contributed by atoms with Crippen molar-refractivity contribution in [3.8, 4) is 0 Å². The minimum absolute atomic E-state index is 0.778. The van der Waals surface area contributed by atoms with Gasteiger partial charge >= 0.3 is 0 Å². The van der Waals surface area contributed by atoms with Gasteiger partial charge in [0, 0.05) is 0 Å². The molecule has 0 radical (unpaired) electrons. The average molecular weight is 186 g/mol. The molecule has 1 heterocycles. The van der Waals surface area contributed by atoms with Crippen LogP contribution in [0.3, 0.4) is 0 Å². The van der Waals surface area contributed by atoms with Gasteiger partial charge in [-0.25, -0.2) is 0 Å². The van der Waals surface area contributed by atoms with Gasteiger partial charge in [-0.2, -0.15) is 0 Å². The number of unbranched alkanes of at least 4 members (excludes halogenated alkanes) is 1. The van der Waals surface area contributed by atoms with Crippen molar-refractivity contribution in [2.45, 2.75) is 33.1 Å². The van der Waals surface area contributed by atoms with E-state index in [1.54, 1.807) is 0 Å². The number of rotatable bonds is 3. The Morgan fingerprint density at radius 3 is 1.77 bits per heavy atom. The van der Waals surface area contributed by atoms with Crippen LogP contribution in [0.4, 0.5) is 0 Å². The van der Waals surface area contributed by atoms with E-state index >= 15 is 0 Å². The first-order valence-corrected chi connectivity index (χ1v) is 5.22. The van der Waals surface area contributed by atoms with Crippen molar-refractivity contribution >= 4 is 0 Å². The average Bonchev–Trinajstić information content (AvgIpc) is 2.22. The molecule has 0 atom stereocenters. The molecule has 0 aromatic rings. The van der Waals surface area contributed by atoms with E-state index in [9.17, 15) is 0 Å². The molecule has 0 aromatic carbocycles. The van der Waals surface area contributed by atoms with Crippen molar-refractivity contribution in [2.75, 3.05) is 26.4 Å². The topological polar surface area (TPSA) is 18.5 Å². The van der Waals surface area contributed by atoms with Crippen LogP contribution in [-0.2, 0) is 9.47 Å². The van der Waals surface area contributed by atoms with E-state index < -0.39 is 0 Å². The molecule has 1 rings (SSSR count). The van der Waals surface area contributed by atoms with Crippen molar-refractivity contribution in [1.82, 2.24) is 0 Å². The molecule has 2 heteroatoms. The Morgan fingerprint density at radius 1 is 0.923 bits per heavy atom. The zero-order valence-electron chi connectivity index (χ0n) is 8.92. The SMILES string of the molecule is C1COCCO1.CCC=CCCC. The maximum atomic E-state index is 4.94. The lowest BCUT2D eigenvalue weighted by molar-refractivity contribution is -0.0334. The zero-order valence-corrected chi connectivity index (χ0v) is 8.92. The van der Waals surface area contributed by atoms with Gasteiger partial charge in [0.2, 0.25) is 0 Å².